The Labute approximate surface area is 74.2 Å². The molecule has 0 amide bonds. The summed E-state index contributed by atoms with van der Waals surface area (Å²) in [6, 6.07) is 0. The number of hydrogen-bond acceptors (Lipinski definition) is 2. The highest BCUT2D eigenvalue weighted by Gasteiger charge is 1.93. The van der Waals surface area contributed by atoms with Gasteiger partial charge in [0.1, 0.15) is 0 Å². The van der Waals surface area contributed by atoms with Crippen LogP contribution in [0.1, 0.15) is 38.5 Å². The highest BCUT2D eigenvalue weighted by atomic mass is 16.3. The Morgan fingerprint density at radius 3 is 1.33 bits per heavy atom. The van der Waals surface area contributed by atoms with E-state index in [1.165, 1.54) is 0 Å². The first-order chi connectivity index (χ1) is 5.63. The molecule has 2 nitrogen and oxygen atoms in total. The van der Waals surface area contributed by atoms with Gasteiger partial charge in [0, 0.05) is 12.8 Å². The predicted molar refractivity (Wildman–Crippen MR) is 51.2 cm³/mol. The van der Waals surface area contributed by atoms with E-state index in [0.717, 1.165) is 25.7 Å². The van der Waals surface area contributed by atoms with Gasteiger partial charge in [-0.1, -0.05) is 26.0 Å². The Balaban J connectivity index is 3.01. The van der Waals surface area contributed by atoms with Gasteiger partial charge in [-0.05, 0) is 12.8 Å². The molecule has 0 unspecified atom stereocenters. The Bertz CT molecular complexity index is 132. The van der Waals surface area contributed by atoms with Gasteiger partial charge >= 0.3 is 0 Å². The van der Waals surface area contributed by atoms with Gasteiger partial charge in [-0.15, -0.1) is 0 Å². The molecule has 0 bridgehead atoms. The van der Waals surface area contributed by atoms with Crippen molar-refractivity contribution in [3.8, 4) is 0 Å². The summed E-state index contributed by atoms with van der Waals surface area (Å²) in [6.45, 7) is 6.81. The van der Waals surface area contributed by atoms with Crippen LogP contribution < -0.4 is 0 Å². The van der Waals surface area contributed by atoms with Gasteiger partial charge in [0.2, 0.25) is 0 Å². The molecule has 0 heterocycles. The lowest BCUT2D eigenvalue weighted by atomic mass is 10.1. The van der Waals surface area contributed by atoms with Crippen molar-refractivity contribution < 1.29 is 10.2 Å². The van der Waals surface area contributed by atoms with Crippen LogP contribution in [0.2, 0.25) is 0 Å². The fraction of sp³-hybridized carbons (Fsp3) is 0.600. The largest absolute Gasteiger partial charge is 0.513 e. The summed E-state index contributed by atoms with van der Waals surface area (Å²) in [5.41, 5.74) is 0. The Morgan fingerprint density at radius 2 is 1.08 bits per heavy atom. The van der Waals surface area contributed by atoms with Gasteiger partial charge in [0.05, 0.1) is 11.5 Å². The fourth-order valence-corrected chi connectivity index (χ4v) is 1.01. The van der Waals surface area contributed by atoms with Crippen molar-refractivity contribution in [2.75, 3.05) is 0 Å². The molecule has 2 heteroatoms. The van der Waals surface area contributed by atoms with E-state index in [2.05, 4.69) is 13.2 Å². The zero-order chi connectivity index (χ0) is 9.40. The van der Waals surface area contributed by atoms with E-state index in [-0.39, 0.29) is 11.5 Å². The van der Waals surface area contributed by atoms with Crippen LogP contribution in [0.15, 0.2) is 24.7 Å². The highest BCUT2D eigenvalue weighted by molar-refractivity contribution is 4.79. The molecule has 12 heavy (non-hydrogen) atoms. The van der Waals surface area contributed by atoms with Crippen molar-refractivity contribution in [1.82, 2.24) is 0 Å². The molecule has 0 radical (unpaired) electrons. The summed E-state index contributed by atoms with van der Waals surface area (Å²) in [5, 5.41) is 17.5. The van der Waals surface area contributed by atoms with Crippen LogP contribution in [0, 0.1) is 0 Å². The predicted octanol–water partition coefficient (Wildman–Crippen LogP) is 3.47. The minimum absolute atomic E-state index is 0.265. The monoisotopic (exact) mass is 170 g/mol. The second kappa shape index (κ2) is 6.77. The summed E-state index contributed by atoms with van der Waals surface area (Å²) in [4.78, 5) is 0. The van der Waals surface area contributed by atoms with E-state index >= 15 is 0 Å². The smallest absolute Gasteiger partial charge is 0.0851 e. The summed E-state index contributed by atoms with van der Waals surface area (Å²) in [6.07, 6.45) is 5.50. The van der Waals surface area contributed by atoms with Crippen molar-refractivity contribution in [3.63, 3.8) is 0 Å². The number of hydrogen-bond donors (Lipinski definition) is 2. The first-order valence-electron chi connectivity index (χ1n) is 4.36. The van der Waals surface area contributed by atoms with Crippen LogP contribution in [0.5, 0.6) is 0 Å². The standard InChI is InChI=1S/C10H18O2/c1-9(11)7-5-3-4-6-8-10(2)12/h11-12H,1-8H2. The molecular formula is C10H18O2. The SMILES string of the molecule is C=C(O)CCCCCCC(=C)O. The first kappa shape index (κ1) is 11.1. The molecule has 0 fully saturated rings. The van der Waals surface area contributed by atoms with Crippen LogP contribution in [-0.2, 0) is 0 Å². The fourth-order valence-electron chi connectivity index (χ4n) is 1.01. The summed E-state index contributed by atoms with van der Waals surface area (Å²) in [7, 11) is 0. The van der Waals surface area contributed by atoms with Gasteiger partial charge in [-0.25, -0.2) is 0 Å². The van der Waals surface area contributed by atoms with Crippen molar-refractivity contribution >= 4 is 0 Å². The second-order valence-electron chi connectivity index (χ2n) is 3.05. The number of unbranched alkanes of at least 4 members (excludes halogenated alkanes) is 3. The molecule has 0 aliphatic rings. The quantitative estimate of drug-likeness (QED) is 0.453. The molecular weight excluding hydrogens is 152 g/mol. The van der Waals surface area contributed by atoms with E-state index in [1.54, 1.807) is 0 Å². The van der Waals surface area contributed by atoms with Gasteiger partial charge in [-0.2, -0.15) is 0 Å². The molecule has 0 rings (SSSR count). The third-order valence-corrected chi connectivity index (χ3v) is 1.68. The van der Waals surface area contributed by atoms with Crippen molar-refractivity contribution in [2.45, 2.75) is 38.5 Å². The normalized spacial score (nSPS) is 9.67. The van der Waals surface area contributed by atoms with Crippen LogP contribution in [0.25, 0.3) is 0 Å². The van der Waals surface area contributed by atoms with Crippen molar-refractivity contribution in [1.29, 1.82) is 0 Å². The van der Waals surface area contributed by atoms with Crippen molar-refractivity contribution in [3.05, 3.63) is 24.7 Å². The van der Waals surface area contributed by atoms with E-state index in [1.807, 2.05) is 0 Å². The first-order valence-corrected chi connectivity index (χ1v) is 4.36. The van der Waals surface area contributed by atoms with E-state index in [4.69, 9.17) is 10.2 Å². The minimum atomic E-state index is 0.265. The summed E-state index contributed by atoms with van der Waals surface area (Å²) < 4.78 is 0. The van der Waals surface area contributed by atoms with Crippen LogP contribution in [-0.4, -0.2) is 10.2 Å². The van der Waals surface area contributed by atoms with Crippen molar-refractivity contribution in [2.24, 2.45) is 0 Å². The lowest BCUT2D eigenvalue weighted by Crippen LogP contribution is -1.83. The molecule has 0 saturated carbocycles. The summed E-state index contributed by atoms with van der Waals surface area (Å²) in [5.74, 6) is 0.531. The van der Waals surface area contributed by atoms with Crippen LogP contribution in [0.3, 0.4) is 0 Å². The maximum atomic E-state index is 8.75. The average molecular weight is 170 g/mol. The Morgan fingerprint density at radius 1 is 0.750 bits per heavy atom. The lowest BCUT2D eigenvalue weighted by molar-refractivity contribution is 0.374. The Kier molecular flexibility index (Phi) is 6.25. The highest BCUT2D eigenvalue weighted by Crippen LogP contribution is 2.09. The molecule has 70 valence electrons. The zero-order valence-corrected chi connectivity index (χ0v) is 7.55. The number of aliphatic hydroxyl groups excluding tert-OH is 2. The topological polar surface area (TPSA) is 40.5 Å². The third-order valence-electron chi connectivity index (χ3n) is 1.68. The Hall–Kier alpha value is -0.920. The molecule has 0 aliphatic carbocycles. The van der Waals surface area contributed by atoms with Crippen LogP contribution in [0.4, 0.5) is 0 Å². The maximum absolute atomic E-state index is 8.75. The molecule has 0 aliphatic heterocycles. The molecule has 0 atom stereocenters. The molecule has 0 spiro atoms. The number of aliphatic hydroxyl groups is 2. The lowest BCUT2D eigenvalue weighted by Gasteiger charge is -1.99. The van der Waals surface area contributed by atoms with Gasteiger partial charge in [-0.3, -0.25) is 0 Å². The average Bonchev–Trinajstić information content (AvgIpc) is 1.95. The third kappa shape index (κ3) is 9.08. The zero-order valence-electron chi connectivity index (χ0n) is 7.55. The molecule has 0 saturated heterocycles. The molecule has 2 N–H and O–H groups in total. The molecule has 0 aromatic rings. The maximum Gasteiger partial charge on any atom is 0.0851 e. The van der Waals surface area contributed by atoms with E-state index < -0.39 is 0 Å². The summed E-state index contributed by atoms with van der Waals surface area (Å²) >= 11 is 0. The van der Waals surface area contributed by atoms with Gasteiger partial charge in [0.25, 0.3) is 0 Å². The van der Waals surface area contributed by atoms with Crippen LogP contribution >= 0.6 is 0 Å². The van der Waals surface area contributed by atoms with E-state index in [9.17, 15) is 0 Å². The second-order valence-corrected chi connectivity index (χ2v) is 3.05. The number of allylic oxidation sites excluding steroid dienone is 2. The minimum Gasteiger partial charge on any atom is -0.513 e. The van der Waals surface area contributed by atoms with Gasteiger partial charge < -0.3 is 10.2 Å². The molecule has 0 aromatic heterocycles. The molecule has 0 aromatic carbocycles. The van der Waals surface area contributed by atoms with E-state index in [0.29, 0.717) is 12.8 Å². The number of rotatable bonds is 7. The van der Waals surface area contributed by atoms with Gasteiger partial charge in [0.15, 0.2) is 0 Å².